The lowest BCUT2D eigenvalue weighted by Gasteiger charge is -2.11. The first kappa shape index (κ1) is 15.6. The molecule has 0 spiro atoms. The minimum absolute atomic E-state index is 0.559. The second-order valence-corrected chi connectivity index (χ2v) is 5.58. The lowest BCUT2D eigenvalue weighted by Crippen LogP contribution is -2.04. The molecule has 0 aliphatic heterocycles. The van der Waals surface area contributed by atoms with Crippen LogP contribution < -0.4 is 10.5 Å². The zero-order valence-corrected chi connectivity index (χ0v) is 13.6. The van der Waals surface area contributed by atoms with Gasteiger partial charge in [-0.3, -0.25) is 0 Å². The number of rotatable bonds is 5. The van der Waals surface area contributed by atoms with Gasteiger partial charge in [0, 0.05) is 17.0 Å². The number of aromatic nitrogens is 2. The maximum Gasteiger partial charge on any atom is 0.128 e. The number of para-hydroxylation sites is 1. The Balaban J connectivity index is 2.16. The van der Waals surface area contributed by atoms with Gasteiger partial charge in [0.2, 0.25) is 0 Å². The maximum atomic E-state index is 5.99. The van der Waals surface area contributed by atoms with Crippen molar-refractivity contribution in [2.75, 3.05) is 13.7 Å². The van der Waals surface area contributed by atoms with E-state index in [1.807, 2.05) is 53.2 Å². The number of nitrogens with two attached hydrogens (primary N) is 1. The molecule has 0 aliphatic carbocycles. The van der Waals surface area contributed by atoms with Crippen molar-refractivity contribution >= 4 is 11.6 Å². The smallest absolute Gasteiger partial charge is 0.128 e. The summed E-state index contributed by atoms with van der Waals surface area (Å²) in [6, 6.07) is 17.6. The van der Waals surface area contributed by atoms with E-state index in [1.165, 1.54) is 0 Å². The molecule has 23 heavy (non-hydrogen) atoms. The van der Waals surface area contributed by atoms with Crippen molar-refractivity contribution in [3.05, 3.63) is 65.3 Å². The normalized spacial score (nSPS) is 10.7. The molecule has 0 unspecified atom stereocenters. The highest BCUT2D eigenvalue weighted by Gasteiger charge is 2.14. The van der Waals surface area contributed by atoms with Crippen LogP contribution in [0.1, 0.15) is 5.69 Å². The average Bonchev–Trinajstić information content (AvgIpc) is 2.99. The molecule has 1 aromatic heterocycles. The van der Waals surface area contributed by atoms with Crippen LogP contribution in [-0.4, -0.2) is 23.4 Å². The fourth-order valence-corrected chi connectivity index (χ4v) is 2.65. The molecule has 0 fully saturated rings. The highest BCUT2D eigenvalue weighted by Crippen LogP contribution is 2.32. The summed E-state index contributed by atoms with van der Waals surface area (Å²) in [6.45, 7) is 0.559. The van der Waals surface area contributed by atoms with E-state index in [9.17, 15) is 0 Å². The van der Waals surface area contributed by atoms with Crippen molar-refractivity contribution in [3.8, 4) is 22.7 Å². The summed E-state index contributed by atoms with van der Waals surface area (Å²) in [6.07, 6.45) is 0.725. The molecule has 3 rings (SSSR count). The van der Waals surface area contributed by atoms with E-state index >= 15 is 0 Å². The van der Waals surface area contributed by atoms with Gasteiger partial charge in [0.15, 0.2) is 0 Å². The number of hydrogen-bond acceptors (Lipinski definition) is 3. The third kappa shape index (κ3) is 3.23. The van der Waals surface area contributed by atoms with Gasteiger partial charge in [0.25, 0.3) is 0 Å². The molecule has 2 aromatic carbocycles. The summed E-state index contributed by atoms with van der Waals surface area (Å²) in [5.41, 5.74) is 9.53. The molecular formula is C18H18ClN3O. The number of methoxy groups -OCH3 is 1. The Morgan fingerprint density at radius 2 is 1.87 bits per heavy atom. The Bertz CT molecular complexity index is 796. The van der Waals surface area contributed by atoms with Crippen molar-refractivity contribution in [1.29, 1.82) is 0 Å². The molecule has 4 nitrogen and oxygen atoms in total. The monoisotopic (exact) mass is 327 g/mol. The van der Waals surface area contributed by atoms with E-state index in [0.29, 0.717) is 11.6 Å². The molecule has 0 radical (unpaired) electrons. The Kier molecular flexibility index (Phi) is 4.65. The summed E-state index contributed by atoms with van der Waals surface area (Å²) >= 11 is 5.99. The minimum Gasteiger partial charge on any atom is -0.496 e. The van der Waals surface area contributed by atoms with Gasteiger partial charge in [0.1, 0.15) is 5.75 Å². The minimum atomic E-state index is 0.559. The van der Waals surface area contributed by atoms with Gasteiger partial charge in [-0.05, 0) is 49.0 Å². The molecule has 2 N–H and O–H groups in total. The van der Waals surface area contributed by atoms with Crippen LogP contribution in [-0.2, 0) is 6.42 Å². The number of benzene rings is 2. The van der Waals surface area contributed by atoms with Crippen molar-refractivity contribution in [3.63, 3.8) is 0 Å². The van der Waals surface area contributed by atoms with E-state index in [1.54, 1.807) is 7.11 Å². The highest BCUT2D eigenvalue weighted by atomic mass is 35.5. The quantitative estimate of drug-likeness (QED) is 0.777. The lowest BCUT2D eigenvalue weighted by molar-refractivity contribution is 0.416. The zero-order valence-electron chi connectivity index (χ0n) is 12.9. The number of hydrogen-bond donors (Lipinski definition) is 1. The molecule has 118 valence electrons. The van der Waals surface area contributed by atoms with Crippen LogP contribution in [0.4, 0.5) is 0 Å². The molecule has 1 heterocycles. The third-order valence-corrected chi connectivity index (χ3v) is 3.87. The summed E-state index contributed by atoms with van der Waals surface area (Å²) in [5, 5.41) is 5.39. The molecule has 0 amide bonds. The van der Waals surface area contributed by atoms with Crippen LogP contribution in [0.3, 0.4) is 0 Å². The topological polar surface area (TPSA) is 53.1 Å². The molecule has 0 atom stereocenters. The summed E-state index contributed by atoms with van der Waals surface area (Å²) < 4.78 is 7.39. The van der Waals surface area contributed by atoms with Crippen LogP contribution in [0, 0.1) is 0 Å². The lowest BCUT2D eigenvalue weighted by atomic mass is 10.1. The number of halogens is 1. The highest BCUT2D eigenvalue weighted by molar-refractivity contribution is 6.30. The van der Waals surface area contributed by atoms with Crippen LogP contribution in [0.25, 0.3) is 16.9 Å². The summed E-state index contributed by atoms with van der Waals surface area (Å²) in [7, 11) is 1.67. The van der Waals surface area contributed by atoms with Gasteiger partial charge in [-0.2, -0.15) is 5.10 Å². The largest absolute Gasteiger partial charge is 0.496 e. The van der Waals surface area contributed by atoms with Gasteiger partial charge < -0.3 is 10.5 Å². The van der Waals surface area contributed by atoms with E-state index in [4.69, 9.17) is 22.1 Å². The standard InChI is InChI=1S/C18H18ClN3O/c1-23-18-5-3-2-4-16(18)17-12-14(10-11-20)21-22(17)15-8-6-13(19)7-9-15/h2-9,12H,10-11,20H2,1H3. The molecule has 3 aromatic rings. The number of ether oxygens (including phenoxy) is 1. The average molecular weight is 328 g/mol. The Morgan fingerprint density at radius 1 is 1.13 bits per heavy atom. The second-order valence-electron chi connectivity index (χ2n) is 5.15. The van der Waals surface area contributed by atoms with Crippen LogP contribution in [0.2, 0.25) is 5.02 Å². The second kappa shape index (κ2) is 6.86. The first-order chi connectivity index (χ1) is 11.2. The predicted octanol–water partition coefficient (Wildman–Crippen LogP) is 3.70. The van der Waals surface area contributed by atoms with E-state index in [0.717, 1.165) is 34.8 Å². The fraction of sp³-hybridized carbons (Fsp3) is 0.167. The Hall–Kier alpha value is -2.30. The van der Waals surface area contributed by atoms with Crippen molar-refractivity contribution in [1.82, 2.24) is 9.78 Å². The zero-order chi connectivity index (χ0) is 16.2. The number of nitrogens with zero attached hydrogens (tertiary/aromatic N) is 2. The third-order valence-electron chi connectivity index (χ3n) is 3.61. The molecule has 0 saturated carbocycles. The maximum absolute atomic E-state index is 5.99. The van der Waals surface area contributed by atoms with Crippen LogP contribution in [0.15, 0.2) is 54.6 Å². The van der Waals surface area contributed by atoms with Crippen LogP contribution in [0.5, 0.6) is 5.75 Å². The van der Waals surface area contributed by atoms with Crippen molar-refractivity contribution in [2.45, 2.75) is 6.42 Å². The first-order valence-corrected chi connectivity index (χ1v) is 7.79. The van der Waals surface area contributed by atoms with Gasteiger partial charge in [-0.25, -0.2) is 4.68 Å². The molecular weight excluding hydrogens is 310 g/mol. The summed E-state index contributed by atoms with van der Waals surface area (Å²) in [4.78, 5) is 0. The summed E-state index contributed by atoms with van der Waals surface area (Å²) in [5.74, 6) is 0.807. The first-order valence-electron chi connectivity index (χ1n) is 7.41. The predicted molar refractivity (Wildman–Crippen MR) is 93.3 cm³/mol. The van der Waals surface area contributed by atoms with E-state index in [2.05, 4.69) is 11.2 Å². The molecule has 0 bridgehead atoms. The Morgan fingerprint density at radius 3 is 2.57 bits per heavy atom. The SMILES string of the molecule is COc1ccccc1-c1cc(CCN)nn1-c1ccc(Cl)cc1. The van der Waals surface area contributed by atoms with Crippen LogP contribution >= 0.6 is 11.6 Å². The molecule has 5 heteroatoms. The van der Waals surface area contributed by atoms with E-state index in [-0.39, 0.29) is 0 Å². The Labute approximate surface area is 140 Å². The van der Waals surface area contributed by atoms with E-state index < -0.39 is 0 Å². The van der Waals surface area contributed by atoms with Crippen molar-refractivity contribution in [2.24, 2.45) is 5.73 Å². The van der Waals surface area contributed by atoms with Crippen molar-refractivity contribution < 1.29 is 4.74 Å². The van der Waals surface area contributed by atoms with Gasteiger partial charge in [0.05, 0.1) is 24.2 Å². The molecule has 0 saturated heterocycles. The van der Waals surface area contributed by atoms with Gasteiger partial charge in [-0.15, -0.1) is 0 Å². The fourth-order valence-electron chi connectivity index (χ4n) is 2.53. The van der Waals surface area contributed by atoms with Gasteiger partial charge >= 0.3 is 0 Å². The molecule has 0 aliphatic rings. The van der Waals surface area contributed by atoms with Gasteiger partial charge in [-0.1, -0.05) is 23.7 Å².